The first-order valence-electron chi connectivity index (χ1n) is 9.62. The van der Waals surface area contributed by atoms with Gasteiger partial charge in [0, 0.05) is 31.0 Å². The molecule has 0 bridgehead atoms. The van der Waals surface area contributed by atoms with E-state index in [2.05, 4.69) is 20.4 Å². The fourth-order valence-electron chi connectivity index (χ4n) is 4.07. The van der Waals surface area contributed by atoms with Crippen molar-refractivity contribution in [2.45, 2.75) is 44.4 Å². The van der Waals surface area contributed by atoms with Crippen LogP contribution in [-0.4, -0.2) is 55.9 Å². The van der Waals surface area contributed by atoms with Crippen LogP contribution in [0.5, 0.6) is 5.88 Å². The van der Waals surface area contributed by atoms with E-state index in [0.717, 1.165) is 18.2 Å². The van der Waals surface area contributed by atoms with Crippen LogP contribution in [0.3, 0.4) is 0 Å². The number of nitrogens with one attached hydrogen (secondary N) is 2. The van der Waals surface area contributed by atoms with Gasteiger partial charge in [-0.3, -0.25) is 15.0 Å². The molecule has 1 aliphatic heterocycles. The molecule has 2 saturated carbocycles. The van der Waals surface area contributed by atoms with Gasteiger partial charge < -0.3 is 9.64 Å². The third kappa shape index (κ3) is 2.87. The second kappa shape index (κ2) is 6.10. The molecule has 26 heavy (non-hydrogen) atoms. The predicted molar refractivity (Wildman–Crippen MR) is 93.0 cm³/mol. The van der Waals surface area contributed by atoms with E-state index < -0.39 is 0 Å². The number of ether oxygens (including phenoxy) is 1. The van der Waals surface area contributed by atoms with Crippen molar-refractivity contribution in [1.29, 1.82) is 0 Å². The van der Waals surface area contributed by atoms with Crippen LogP contribution in [0.2, 0.25) is 0 Å². The fourth-order valence-corrected chi connectivity index (χ4v) is 4.07. The lowest BCUT2D eigenvalue weighted by Gasteiger charge is -2.14. The molecule has 2 atom stereocenters. The zero-order valence-corrected chi connectivity index (χ0v) is 14.9. The van der Waals surface area contributed by atoms with Crippen molar-refractivity contribution in [1.82, 2.24) is 30.3 Å². The normalized spacial score (nSPS) is 25.7. The molecule has 3 heterocycles. The molecule has 138 valence electrons. The molecule has 0 radical (unpaired) electrons. The molecule has 3 fully saturated rings. The molecule has 1 amide bonds. The Kier molecular flexibility index (Phi) is 3.72. The number of H-pyrrole nitrogens is 2. The lowest BCUT2D eigenvalue weighted by Crippen LogP contribution is -2.29. The number of carbonyl (C=O) groups excluding carboxylic acids is 1. The summed E-state index contributed by atoms with van der Waals surface area (Å²) in [7, 11) is 0. The van der Waals surface area contributed by atoms with E-state index in [-0.39, 0.29) is 11.8 Å². The summed E-state index contributed by atoms with van der Waals surface area (Å²) in [5, 5.41) is 14.4. The quantitative estimate of drug-likeness (QED) is 0.825. The largest absolute Gasteiger partial charge is 0.477 e. The molecule has 0 aromatic carbocycles. The van der Waals surface area contributed by atoms with Gasteiger partial charge in [0.25, 0.3) is 5.91 Å². The topological polar surface area (TPSA) is 99.8 Å². The molecule has 1 saturated heterocycles. The minimum absolute atomic E-state index is 0.0152. The van der Waals surface area contributed by atoms with Gasteiger partial charge in [0.1, 0.15) is 11.5 Å². The molecule has 2 aromatic rings. The number of hydrogen-bond acceptors (Lipinski definition) is 5. The summed E-state index contributed by atoms with van der Waals surface area (Å²) in [6, 6.07) is 1.69. The Morgan fingerprint density at radius 3 is 2.81 bits per heavy atom. The summed E-state index contributed by atoms with van der Waals surface area (Å²) in [6.45, 7) is 3.89. The molecule has 0 unspecified atom stereocenters. The Bertz CT molecular complexity index is 806. The maximum atomic E-state index is 12.9. The van der Waals surface area contributed by atoms with Crippen LogP contribution in [0.4, 0.5) is 0 Å². The minimum Gasteiger partial charge on any atom is -0.477 e. The molecular formula is C18H24N6O2. The van der Waals surface area contributed by atoms with Gasteiger partial charge in [-0.25, -0.2) is 4.98 Å². The number of aromatic nitrogens is 5. The highest BCUT2D eigenvalue weighted by Crippen LogP contribution is 2.47. The van der Waals surface area contributed by atoms with Crippen LogP contribution in [-0.2, 0) is 0 Å². The Morgan fingerprint density at radius 2 is 2.08 bits per heavy atom. The molecule has 2 aromatic heterocycles. The monoisotopic (exact) mass is 356 g/mol. The highest BCUT2D eigenvalue weighted by molar-refractivity contribution is 5.92. The standard InChI is InChI=1S/C18H24N6O2/c1-2-26-15-7-14(20-21-15)18(25)24-8-12(10-3-4-10)13(9-24)17-19-16(22-23-17)11-5-6-11/h7,10-13H,2-6,8-9H2,1H3,(H,20,21)(H,19,22,23)/t12-,13+/m1/s1. The van der Waals surface area contributed by atoms with Gasteiger partial charge in [0.05, 0.1) is 6.61 Å². The number of carbonyl (C=O) groups is 1. The van der Waals surface area contributed by atoms with Crippen LogP contribution in [0.25, 0.3) is 0 Å². The van der Waals surface area contributed by atoms with Crippen molar-refractivity contribution in [2.75, 3.05) is 19.7 Å². The third-order valence-corrected chi connectivity index (χ3v) is 5.77. The molecule has 0 spiro atoms. The van der Waals surface area contributed by atoms with Crippen LogP contribution < -0.4 is 4.74 Å². The number of rotatable bonds is 6. The van der Waals surface area contributed by atoms with Crippen LogP contribution in [0.1, 0.15) is 66.6 Å². The SMILES string of the molecule is CCOc1cc(C(=O)N2C[C@H](c3nc(C4CC4)n[nH]3)[C@@H](C3CC3)C2)[nH]n1. The first kappa shape index (κ1) is 15.8. The summed E-state index contributed by atoms with van der Waals surface area (Å²) in [6.07, 6.45) is 4.90. The van der Waals surface area contributed by atoms with Crippen molar-refractivity contribution in [3.8, 4) is 5.88 Å². The van der Waals surface area contributed by atoms with E-state index in [1.54, 1.807) is 6.07 Å². The Morgan fingerprint density at radius 1 is 1.23 bits per heavy atom. The molecular weight excluding hydrogens is 332 g/mol. The Labute approximate surface area is 151 Å². The first-order valence-corrected chi connectivity index (χ1v) is 9.62. The minimum atomic E-state index is -0.0152. The number of amides is 1. The van der Waals surface area contributed by atoms with Gasteiger partial charge >= 0.3 is 0 Å². The number of aromatic amines is 2. The lowest BCUT2D eigenvalue weighted by molar-refractivity contribution is 0.0778. The van der Waals surface area contributed by atoms with E-state index in [0.29, 0.717) is 42.5 Å². The summed E-state index contributed by atoms with van der Waals surface area (Å²) in [5.41, 5.74) is 0.486. The van der Waals surface area contributed by atoms with Gasteiger partial charge in [-0.05, 0) is 44.4 Å². The van der Waals surface area contributed by atoms with Crippen molar-refractivity contribution in [3.63, 3.8) is 0 Å². The third-order valence-electron chi connectivity index (χ3n) is 5.77. The molecule has 3 aliphatic rings. The first-order chi connectivity index (χ1) is 12.7. The fraction of sp³-hybridized carbons (Fsp3) is 0.667. The molecule has 2 N–H and O–H groups in total. The summed E-state index contributed by atoms with van der Waals surface area (Å²) in [4.78, 5) is 19.6. The average Bonchev–Trinajstić information content (AvgIpc) is 3.53. The summed E-state index contributed by atoms with van der Waals surface area (Å²) < 4.78 is 5.35. The Balaban J connectivity index is 1.34. The van der Waals surface area contributed by atoms with Crippen molar-refractivity contribution >= 4 is 5.91 Å². The van der Waals surface area contributed by atoms with Gasteiger partial charge in [-0.1, -0.05) is 0 Å². The number of nitrogens with zero attached hydrogens (tertiary/aromatic N) is 4. The second-order valence-electron chi connectivity index (χ2n) is 7.72. The van der Waals surface area contributed by atoms with Crippen molar-refractivity contribution in [2.24, 2.45) is 11.8 Å². The van der Waals surface area contributed by atoms with Crippen molar-refractivity contribution < 1.29 is 9.53 Å². The number of likely N-dealkylation sites (tertiary alicyclic amines) is 1. The Hall–Kier alpha value is -2.38. The molecule has 2 aliphatic carbocycles. The van der Waals surface area contributed by atoms with Crippen molar-refractivity contribution in [3.05, 3.63) is 23.4 Å². The smallest absolute Gasteiger partial charge is 0.272 e. The van der Waals surface area contributed by atoms with Crippen LogP contribution in [0, 0.1) is 11.8 Å². The predicted octanol–water partition coefficient (Wildman–Crippen LogP) is 2.07. The average molecular weight is 356 g/mol. The summed E-state index contributed by atoms with van der Waals surface area (Å²) in [5.74, 6) is 4.32. The lowest BCUT2D eigenvalue weighted by atomic mass is 9.91. The second-order valence-corrected chi connectivity index (χ2v) is 7.72. The van der Waals surface area contributed by atoms with Crippen LogP contribution in [0.15, 0.2) is 6.07 Å². The van der Waals surface area contributed by atoms with Gasteiger partial charge in [-0.2, -0.15) is 5.10 Å². The van der Waals surface area contributed by atoms with E-state index in [4.69, 9.17) is 9.72 Å². The van der Waals surface area contributed by atoms with E-state index in [1.165, 1.54) is 25.7 Å². The highest BCUT2D eigenvalue weighted by atomic mass is 16.5. The van der Waals surface area contributed by atoms with E-state index in [1.807, 2.05) is 11.8 Å². The summed E-state index contributed by atoms with van der Waals surface area (Å²) >= 11 is 0. The molecule has 8 heteroatoms. The number of hydrogen-bond donors (Lipinski definition) is 2. The molecule has 8 nitrogen and oxygen atoms in total. The zero-order chi connectivity index (χ0) is 17.7. The zero-order valence-electron chi connectivity index (χ0n) is 14.9. The van der Waals surface area contributed by atoms with Gasteiger partial charge in [0.2, 0.25) is 5.88 Å². The maximum Gasteiger partial charge on any atom is 0.272 e. The van der Waals surface area contributed by atoms with Gasteiger partial charge in [-0.15, -0.1) is 5.10 Å². The van der Waals surface area contributed by atoms with E-state index >= 15 is 0 Å². The highest BCUT2D eigenvalue weighted by Gasteiger charge is 2.46. The van der Waals surface area contributed by atoms with Gasteiger partial charge in [0.15, 0.2) is 5.82 Å². The molecule has 5 rings (SSSR count). The van der Waals surface area contributed by atoms with Crippen LogP contribution >= 0.6 is 0 Å². The maximum absolute atomic E-state index is 12.9. The van der Waals surface area contributed by atoms with E-state index in [9.17, 15) is 4.79 Å².